The Morgan fingerprint density at radius 1 is 1.48 bits per heavy atom. The summed E-state index contributed by atoms with van der Waals surface area (Å²) >= 11 is 1.44. The molecular formula is C17H23NO2S. The summed E-state index contributed by atoms with van der Waals surface area (Å²) in [6, 6.07) is 2.08. The van der Waals surface area contributed by atoms with Crippen molar-refractivity contribution in [1.29, 1.82) is 0 Å². The number of aliphatic hydroxyl groups is 1. The Morgan fingerprint density at radius 2 is 2.24 bits per heavy atom. The molecule has 2 N–H and O–H groups in total. The lowest BCUT2D eigenvalue weighted by atomic mass is 9.83. The van der Waals surface area contributed by atoms with E-state index in [2.05, 4.69) is 24.1 Å². The molecule has 1 saturated carbocycles. The molecule has 114 valence electrons. The number of aliphatic hydroxyl groups excluding tert-OH is 1. The predicted octanol–water partition coefficient (Wildman–Crippen LogP) is 3.18. The fraction of sp³-hybridized carbons (Fsp3) is 0.588. The van der Waals surface area contributed by atoms with Gasteiger partial charge >= 0.3 is 0 Å². The molecule has 1 aromatic heterocycles. The summed E-state index contributed by atoms with van der Waals surface area (Å²) in [6.45, 7) is 1.99. The van der Waals surface area contributed by atoms with E-state index in [9.17, 15) is 4.79 Å². The molecule has 0 aliphatic heterocycles. The van der Waals surface area contributed by atoms with Crippen molar-refractivity contribution in [2.75, 3.05) is 6.61 Å². The summed E-state index contributed by atoms with van der Waals surface area (Å²) < 4.78 is 0. The topological polar surface area (TPSA) is 49.3 Å². The molecular weight excluding hydrogens is 282 g/mol. The van der Waals surface area contributed by atoms with Gasteiger partial charge in [-0.05, 0) is 31.2 Å². The SMILES string of the molecule is CCC(NC(=O)c1csc(C#CCO)c1)C1CCCCC1. The van der Waals surface area contributed by atoms with Gasteiger partial charge in [0.1, 0.15) is 6.61 Å². The van der Waals surface area contributed by atoms with Gasteiger partial charge in [-0.25, -0.2) is 0 Å². The maximum atomic E-state index is 12.3. The van der Waals surface area contributed by atoms with Crippen LogP contribution in [0.2, 0.25) is 0 Å². The minimum Gasteiger partial charge on any atom is -0.384 e. The van der Waals surface area contributed by atoms with Crippen molar-refractivity contribution in [2.45, 2.75) is 51.5 Å². The zero-order valence-electron chi connectivity index (χ0n) is 12.5. The van der Waals surface area contributed by atoms with E-state index in [0.29, 0.717) is 11.5 Å². The van der Waals surface area contributed by atoms with E-state index in [0.717, 1.165) is 11.3 Å². The first kappa shape index (κ1) is 16.1. The van der Waals surface area contributed by atoms with E-state index < -0.39 is 0 Å². The minimum absolute atomic E-state index is 0.000668. The number of carbonyl (C=O) groups excluding carboxylic acids is 1. The number of amides is 1. The number of carbonyl (C=O) groups is 1. The first-order valence-corrected chi connectivity index (χ1v) is 8.61. The van der Waals surface area contributed by atoms with E-state index in [4.69, 9.17) is 5.11 Å². The molecule has 1 aliphatic rings. The standard InChI is InChI=1S/C17H23NO2S/c1-2-16(13-7-4-3-5-8-13)18-17(20)14-11-15(21-12-14)9-6-10-19/h11-13,16,19H,2-5,7-8,10H2,1H3,(H,18,20). The second-order valence-electron chi connectivity index (χ2n) is 5.55. The molecule has 3 nitrogen and oxygen atoms in total. The molecule has 0 radical (unpaired) electrons. The fourth-order valence-corrected chi connectivity index (χ4v) is 3.74. The van der Waals surface area contributed by atoms with Gasteiger partial charge in [0.2, 0.25) is 0 Å². The van der Waals surface area contributed by atoms with Crippen molar-refractivity contribution in [1.82, 2.24) is 5.32 Å². The third kappa shape index (κ3) is 4.59. The number of rotatable bonds is 4. The van der Waals surface area contributed by atoms with Crippen LogP contribution in [0.25, 0.3) is 0 Å². The molecule has 0 aromatic carbocycles. The summed E-state index contributed by atoms with van der Waals surface area (Å²) in [7, 11) is 0. The van der Waals surface area contributed by atoms with E-state index >= 15 is 0 Å². The van der Waals surface area contributed by atoms with Gasteiger partial charge < -0.3 is 10.4 Å². The highest BCUT2D eigenvalue weighted by Gasteiger charge is 2.24. The predicted molar refractivity (Wildman–Crippen MR) is 86.4 cm³/mol. The van der Waals surface area contributed by atoms with Gasteiger partial charge in [-0.2, -0.15) is 0 Å². The normalized spacial score (nSPS) is 16.9. The third-order valence-corrected chi connectivity index (χ3v) is 4.97. The average Bonchev–Trinajstić information content (AvgIpc) is 3.00. The molecule has 4 heteroatoms. The highest BCUT2D eigenvalue weighted by atomic mass is 32.1. The highest BCUT2D eigenvalue weighted by molar-refractivity contribution is 7.10. The maximum Gasteiger partial charge on any atom is 0.252 e. The number of thiophene rings is 1. The van der Waals surface area contributed by atoms with E-state index in [1.165, 1.54) is 43.4 Å². The zero-order chi connectivity index (χ0) is 15.1. The van der Waals surface area contributed by atoms with E-state index in [-0.39, 0.29) is 18.6 Å². The number of hydrogen-bond donors (Lipinski definition) is 2. The van der Waals surface area contributed by atoms with Crippen LogP contribution in [0.15, 0.2) is 11.4 Å². The fourth-order valence-electron chi connectivity index (χ4n) is 2.99. The molecule has 1 aromatic rings. The number of hydrogen-bond acceptors (Lipinski definition) is 3. The van der Waals surface area contributed by atoms with Crippen LogP contribution in [-0.2, 0) is 0 Å². The molecule has 1 heterocycles. The van der Waals surface area contributed by atoms with Crippen molar-refractivity contribution < 1.29 is 9.90 Å². The van der Waals surface area contributed by atoms with Crippen LogP contribution in [0.1, 0.15) is 60.7 Å². The van der Waals surface area contributed by atoms with E-state index in [1.54, 1.807) is 6.07 Å². The third-order valence-electron chi connectivity index (χ3n) is 4.13. The molecule has 0 bridgehead atoms. The van der Waals surface area contributed by atoms with Gasteiger partial charge in [-0.3, -0.25) is 4.79 Å². The quantitative estimate of drug-likeness (QED) is 0.839. The Hall–Kier alpha value is -1.31. The van der Waals surface area contributed by atoms with Crippen LogP contribution in [0.5, 0.6) is 0 Å². The Kier molecular flexibility index (Phi) is 6.28. The lowest BCUT2D eigenvalue weighted by Gasteiger charge is -2.30. The summed E-state index contributed by atoms with van der Waals surface area (Å²) in [6.07, 6.45) is 7.36. The van der Waals surface area contributed by atoms with Gasteiger partial charge in [-0.1, -0.05) is 38.0 Å². The molecule has 1 amide bonds. The van der Waals surface area contributed by atoms with Gasteiger partial charge in [0.25, 0.3) is 5.91 Å². The van der Waals surface area contributed by atoms with Crippen LogP contribution in [-0.4, -0.2) is 23.7 Å². The molecule has 0 saturated heterocycles. The summed E-state index contributed by atoms with van der Waals surface area (Å²) in [5.41, 5.74) is 0.677. The Bertz CT molecular complexity index is 520. The lowest BCUT2D eigenvalue weighted by molar-refractivity contribution is 0.0911. The molecule has 0 spiro atoms. The van der Waals surface area contributed by atoms with E-state index in [1.807, 2.05) is 5.38 Å². The maximum absolute atomic E-state index is 12.3. The first-order chi connectivity index (χ1) is 10.2. The second-order valence-corrected chi connectivity index (χ2v) is 6.46. The molecule has 21 heavy (non-hydrogen) atoms. The van der Waals surface area contributed by atoms with Crippen LogP contribution in [0.4, 0.5) is 0 Å². The zero-order valence-corrected chi connectivity index (χ0v) is 13.3. The highest BCUT2D eigenvalue weighted by Crippen LogP contribution is 2.28. The average molecular weight is 305 g/mol. The van der Waals surface area contributed by atoms with Crippen LogP contribution in [0, 0.1) is 17.8 Å². The van der Waals surface area contributed by atoms with Gasteiger partial charge in [0.05, 0.1) is 10.4 Å². The summed E-state index contributed by atoms with van der Waals surface area (Å²) in [4.78, 5) is 13.2. The largest absolute Gasteiger partial charge is 0.384 e. The Morgan fingerprint density at radius 3 is 2.90 bits per heavy atom. The summed E-state index contributed by atoms with van der Waals surface area (Å²) in [5.74, 6) is 6.07. The smallest absolute Gasteiger partial charge is 0.252 e. The van der Waals surface area contributed by atoms with Crippen molar-refractivity contribution in [2.24, 2.45) is 5.92 Å². The molecule has 1 atom stereocenters. The molecule has 1 fully saturated rings. The van der Waals surface area contributed by atoms with Crippen molar-refractivity contribution in [3.8, 4) is 11.8 Å². The van der Waals surface area contributed by atoms with Gasteiger partial charge in [-0.15, -0.1) is 11.3 Å². The molecule has 2 rings (SSSR count). The first-order valence-electron chi connectivity index (χ1n) is 7.73. The van der Waals surface area contributed by atoms with Crippen molar-refractivity contribution in [3.63, 3.8) is 0 Å². The van der Waals surface area contributed by atoms with Gasteiger partial charge in [0, 0.05) is 11.4 Å². The summed E-state index contributed by atoms with van der Waals surface area (Å²) in [5, 5.41) is 13.7. The second kappa shape index (κ2) is 8.21. The molecule has 1 unspecified atom stereocenters. The number of nitrogens with one attached hydrogen (secondary N) is 1. The molecule has 1 aliphatic carbocycles. The van der Waals surface area contributed by atoms with Crippen molar-refractivity contribution >= 4 is 17.2 Å². The van der Waals surface area contributed by atoms with Crippen molar-refractivity contribution in [3.05, 3.63) is 21.9 Å². The lowest BCUT2D eigenvalue weighted by Crippen LogP contribution is -2.40. The Labute approximate surface area is 130 Å². The monoisotopic (exact) mass is 305 g/mol. The van der Waals surface area contributed by atoms with Crippen LogP contribution < -0.4 is 5.32 Å². The van der Waals surface area contributed by atoms with Crippen LogP contribution in [0.3, 0.4) is 0 Å². The van der Waals surface area contributed by atoms with Crippen LogP contribution >= 0.6 is 11.3 Å². The minimum atomic E-state index is -0.154. The van der Waals surface area contributed by atoms with Gasteiger partial charge in [0.15, 0.2) is 0 Å². The Balaban J connectivity index is 1.96.